The number of imide groups is 2. The Kier molecular flexibility index (Phi) is 2.63. The van der Waals surface area contributed by atoms with E-state index in [-0.39, 0.29) is 5.57 Å². The van der Waals surface area contributed by atoms with Crippen LogP contribution in [0.5, 0.6) is 0 Å². The van der Waals surface area contributed by atoms with Crippen LogP contribution >= 0.6 is 0 Å². The molecule has 1 aliphatic carbocycles. The van der Waals surface area contributed by atoms with Crippen molar-refractivity contribution in [3.05, 3.63) is 52.6 Å². The lowest BCUT2D eigenvalue weighted by molar-refractivity contribution is -0.123. The van der Waals surface area contributed by atoms with Crippen molar-refractivity contribution >= 4 is 34.7 Å². The minimum absolute atomic E-state index is 0.0571. The highest BCUT2D eigenvalue weighted by Crippen LogP contribution is 2.33. The van der Waals surface area contributed by atoms with E-state index in [1.807, 2.05) is 24.3 Å². The van der Waals surface area contributed by atoms with E-state index < -0.39 is 17.8 Å². The van der Waals surface area contributed by atoms with E-state index in [0.29, 0.717) is 0 Å². The molecule has 0 aromatic heterocycles. The maximum atomic E-state index is 11.8. The molecule has 1 heterocycles. The first-order valence-corrected chi connectivity index (χ1v) is 7.05. The third-order valence-electron chi connectivity index (χ3n) is 4.15. The van der Waals surface area contributed by atoms with Gasteiger partial charge < -0.3 is 0 Å². The standard InChI is InChI=1S/C17H12N2O3/c20-15-13(16(21)19-17(22)18-15)8-11-7-6-10-5-4-9-2-1-3-12(11)14(9)10/h1-3,6-8H,4-5H2,(H2,18,19,20,21,22). The molecule has 0 spiro atoms. The minimum Gasteiger partial charge on any atom is -0.273 e. The van der Waals surface area contributed by atoms with Crippen molar-refractivity contribution in [1.82, 2.24) is 10.6 Å². The van der Waals surface area contributed by atoms with Crippen molar-refractivity contribution in [2.75, 3.05) is 0 Å². The molecule has 0 bridgehead atoms. The first-order valence-electron chi connectivity index (χ1n) is 7.05. The normalized spacial score (nSPS) is 16.7. The van der Waals surface area contributed by atoms with Crippen molar-refractivity contribution in [3.8, 4) is 0 Å². The molecule has 5 heteroatoms. The van der Waals surface area contributed by atoms with Crippen LogP contribution in [-0.4, -0.2) is 17.8 Å². The number of urea groups is 1. The number of benzene rings is 2. The van der Waals surface area contributed by atoms with E-state index in [1.165, 1.54) is 16.5 Å². The van der Waals surface area contributed by atoms with Crippen LogP contribution < -0.4 is 10.6 Å². The van der Waals surface area contributed by atoms with Crippen molar-refractivity contribution in [2.45, 2.75) is 12.8 Å². The Morgan fingerprint density at radius 1 is 0.864 bits per heavy atom. The smallest absolute Gasteiger partial charge is 0.273 e. The molecular formula is C17H12N2O3. The first kappa shape index (κ1) is 12.8. The van der Waals surface area contributed by atoms with Crippen molar-refractivity contribution in [1.29, 1.82) is 0 Å². The molecule has 0 atom stereocenters. The van der Waals surface area contributed by atoms with Crippen LogP contribution in [0.25, 0.3) is 16.8 Å². The molecule has 1 aliphatic heterocycles. The molecule has 0 unspecified atom stereocenters. The van der Waals surface area contributed by atoms with Gasteiger partial charge in [-0.2, -0.15) is 0 Å². The van der Waals surface area contributed by atoms with Gasteiger partial charge in [-0.1, -0.05) is 30.3 Å². The third kappa shape index (κ3) is 1.83. The lowest BCUT2D eigenvalue weighted by Gasteiger charge is -2.14. The van der Waals surface area contributed by atoms with Crippen LogP contribution in [0.1, 0.15) is 16.7 Å². The predicted octanol–water partition coefficient (Wildman–Crippen LogP) is 1.69. The Balaban J connectivity index is 1.89. The second-order valence-corrected chi connectivity index (χ2v) is 5.45. The Morgan fingerprint density at radius 2 is 1.55 bits per heavy atom. The van der Waals surface area contributed by atoms with Gasteiger partial charge in [0.25, 0.3) is 11.8 Å². The number of hydrogen-bond donors (Lipinski definition) is 2. The lowest BCUT2D eigenvalue weighted by Crippen LogP contribution is -2.51. The highest BCUT2D eigenvalue weighted by atomic mass is 16.2. The molecule has 2 N–H and O–H groups in total. The largest absolute Gasteiger partial charge is 0.328 e. The quantitative estimate of drug-likeness (QED) is 0.620. The van der Waals surface area contributed by atoms with Crippen LogP contribution in [0.3, 0.4) is 0 Å². The molecule has 2 aromatic carbocycles. The fourth-order valence-corrected chi connectivity index (χ4v) is 3.16. The Bertz CT molecular complexity index is 864. The molecule has 1 fully saturated rings. The highest BCUT2D eigenvalue weighted by Gasteiger charge is 2.28. The molecule has 2 aromatic rings. The van der Waals surface area contributed by atoms with Crippen LogP contribution in [0.2, 0.25) is 0 Å². The second kappa shape index (κ2) is 4.53. The van der Waals surface area contributed by atoms with E-state index in [2.05, 4.69) is 16.7 Å². The summed E-state index contributed by atoms with van der Waals surface area (Å²) in [6.45, 7) is 0. The molecule has 5 nitrogen and oxygen atoms in total. The van der Waals surface area contributed by atoms with Gasteiger partial charge in [-0.25, -0.2) is 4.79 Å². The topological polar surface area (TPSA) is 75.3 Å². The van der Waals surface area contributed by atoms with E-state index in [9.17, 15) is 14.4 Å². The van der Waals surface area contributed by atoms with Gasteiger partial charge in [0.05, 0.1) is 0 Å². The highest BCUT2D eigenvalue weighted by molar-refractivity contribution is 6.31. The average Bonchev–Trinajstić information content (AvgIpc) is 2.90. The van der Waals surface area contributed by atoms with E-state index >= 15 is 0 Å². The predicted molar refractivity (Wildman–Crippen MR) is 81.0 cm³/mol. The monoisotopic (exact) mass is 292 g/mol. The fourth-order valence-electron chi connectivity index (χ4n) is 3.16. The minimum atomic E-state index is -0.785. The number of carbonyl (C=O) groups excluding carboxylic acids is 3. The summed E-state index contributed by atoms with van der Waals surface area (Å²) in [5, 5.41) is 6.41. The molecule has 1 saturated heterocycles. The SMILES string of the molecule is O=C1NC(=O)C(=Cc2ccc3c4c(cccc24)CC3)C(=O)N1. The van der Waals surface area contributed by atoms with Gasteiger partial charge in [0, 0.05) is 0 Å². The molecule has 0 radical (unpaired) electrons. The Labute approximate surface area is 126 Å². The summed E-state index contributed by atoms with van der Waals surface area (Å²) in [7, 11) is 0. The van der Waals surface area contributed by atoms with Crippen LogP contribution in [0.4, 0.5) is 4.79 Å². The molecular weight excluding hydrogens is 280 g/mol. The maximum Gasteiger partial charge on any atom is 0.328 e. The summed E-state index contributed by atoms with van der Waals surface area (Å²) in [6, 6.07) is 9.25. The maximum absolute atomic E-state index is 11.8. The Morgan fingerprint density at radius 3 is 2.27 bits per heavy atom. The van der Waals surface area contributed by atoms with Gasteiger partial charge in [-0.15, -0.1) is 0 Å². The fraction of sp³-hybridized carbons (Fsp3) is 0.118. The second-order valence-electron chi connectivity index (χ2n) is 5.45. The summed E-state index contributed by atoms with van der Waals surface area (Å²) >= 11 is 0. The van der Waals surface area contributed by atoms with Crippen LogP contribution in [-0.2, 0) is 22.4 Å². The van der Waals surface area contributed by atoms with Crippen LogP contribution in [0.15, 0.2) is 35.9 Å². The molecule has 0 saturated carbocycles. The molecule has 4 amide bonds. The van der Waals surface area contributed by atoms with Gasteiger partial charge in [0.1, 0.15) is 5.57 Å². The van der Waals surface area contributed by atoms with Crippen LogP contribution in [0, 0.1) is 0 Å². The van der Waals surface area contributed by atoms with Gasteiger partial charge in [-0.05, 0) is 46.4 Å². The summed E-state index contributed by atoms with van der Waals surface area (Å²) < 4.78 is 0. The first-order chi connectivity index (χ1) is 10.6. The zero-order chi connectivity index (χ0) is 15.3. The summed E-state index contributed by atoms with van der Waals surface area (Å²) in [5.41, 5.74) is 3.33. The number of aryl methyl sites for hydroxylation is 2. The van der Waals surface area contributed by atoms with Crippen molar-refractivity contribution < 1.29 is 14.4 Å². The number of hydrogen-bond acceptors (Lipinski definition) is 3. The molecule has 2 aliphatic rings. The summed E-state index contributed by atoms with van der Waals surface area (Å²) in [6.07, 6.45) is 3.57. The number of nitrogens with one attached hydrogen (secondary N) is 2. The van der Waals surface area contributed by atoms with Gasteiger partial charge in [0.15, 0.2) is 0 Å². The van der Waals surface area contributed by atoms with E-state index in [4.69, 9.17) is 0 Å². The van der Waals surface area contributed by atoms with Gasteiger partial charge in [-0.3, -0.25) is 20.2 Å². The number of rotatable bonds is 1. The van der Waals surface area contributed by atoms with E-state index in [0.717, 1.165) is 23.8 Å². The molecule has 22 heavy (non-hydrogen) atoms. The zero-order valence-electron chi connectivity index (χ0n) is 11.6. The Hall–Kier alpha value is -2.95. The summed E-state index contributed by atoms with van der Waals surface area (Å²) in [4.78, 5) is 34.8. The summed E-state index contributed by atoms with van der Waals surface area (Å²) in [5.74, 6) is -1.34. The average molecular weight is 292 g/mol. The number of barbiturate groups is 1. The third-order valence-corrected chi connectivity index (χ3v) is 4.15. The molecule has 4 rings (SSSR count). The van der Waals surface area contributed by atoms with Gasteiger partial charge >= 0.3 is 6.03 Å². The van der Waals surface area contributed by atoms with Crippen molar-refractivity contribution in [2.24, 2.45) is 0 Å². The van der Waals surface area contributed by atoms with Crippen molar-refractivity contribution in [3.63, 3.8) is 0 Å². The van der Waals surface area contributed by atoms with Gasteiger partial charge in [0.2, 0.25) is 0 Å². The van der Waals surface area contributed by atoms with E-state index in [1.54, 1.807) is 6.08 Å². The zero-order valence-corrected chi connectivity index (χ0v) is 11.6. The number of carbonyl (C=O) groups is 3. The number of amides is 4. The molecule has 108 valence electrons. The lowest BCUT2D eigenvalue weighted by atomic mass is 9.98.